The molecule has 2 aliphatic heterocycles. The quantitative estimate of drug-likeness (QED) is 0.499. The molecule has 190 valence electrons. The molecule has 0 atom stereocenters. The van der Waals surface area contributed by atoms with Crippen LogP contribution in [0.15, 0.2) is 53.4 Å². The van der Waals surface area contributed by atoms with Gasteiger partial charge in [-0.05, 0) is 61.0 Å². The summed E-state index contributed by atoms with van der Waals surface area (Å²) in [7, 11) is 0. The van der Waals surface area contributed by atoms with Crippen molar-refractivity contribution in [2.45, 2.75) is 35.7 Å². The van der Waals surface area contributed by atoms with E-state index in [1.807, 2.05) is 24.3 Å². The highest BCUT2D eigenvalue weighted by molar-refractivity contribution is 8.00. The number of halogens is 4. The monoisotopic (exact) mass is 526 g/mol. The molecule has 35 heavy (non-hydrogen) atoms. The maximum absolute atomic E-state index is 12.5. The van der Waals surface area contributed by atoms with Crippen molar-refractivity contribution in [2.75, 3.05) is 55.6 Å². The number of nitrogens with zero attached hydrogens (tertiary/aromatic N) is 3. The summed E-state index contributed by atoms with van der Waals surface area (Å²) in [5.41, 5.74) is -2.30. The number of amides is 1. The van der Waals surface area contributed by atoms with E-state index in [0.29, 0.717) is 6.42 Å². The first-order valence-corrected chi connectivity index (χ1v) is 13.1. The van der Waals surface area contributed by atoms with Gasteiger partial charge in [0.25, 0.3) is 0 Å². The molecule has 2 aliphatic rings. The molecule has 2 aromatic rings. The Balaban J connectivity index is 1.14. The normalized spacial score (nSPS) is 18.1. The Morgan fingerprint density at radius 1 is 0.943 bits per heavy atom. The first-order valence-electron chi connectivity index (χ1n) is 11.9. The largest absolute Gasteiger partial charge is 0.446 e. The van der Waals surface area contributed by atoms with Gasteiger partial charge in [0.15, 0.2) is 0 Å². The molecule has 10 heteroatoms. The van der Waals surface area contributed by atoms with Crippen LogP contribution in [-0.2, 0) is 4.79 Å². The SMILES string of the molecule is O=C(CCN1CCN(c2ccccc2Cl)CC1)NC1CCN(c2ccc(SC(F)(F)F)cc2)CC1. The third-order valence-electron chi connectivity index (χ3n) is 6.52. The van der Waals surface area contributed by atoms with Crippen LogP contribution < -0.4 is 15.1 Å². The average molecular weight is 527 g/mol. The predicted molar refractivity (Wildman–Crippen MR) is 136 cm³/mol. The van der Waals surface area contributed by atoms with Gasteiger partial charge in [0.2, 0.25) is 5.91 Å². The number of carbonyl (C=O) groups is 1. The number of piperazine rings is 1. The lowest BCUT2D eigenvalue weighted by Crippen LogP contribution is -2.48. The van der Waals surface area contributed by atoms with Crippen molar-refractivity contribution in [3.05, 3.63) is 53.6 Å². The molecule has 2 heterocycles. The molecule has 0 saturated carbocycles. The summed E-state index contributed by atoms with van der Waals surface area (Å²) in [4.78, 5) is 19.5. The number of hydrogen-bond acceptors (Lipinski definition) is 5. The van der Waals surface area contributed by atoms with Crippen LogP contribution in [0.25, 0.3) is 0 Å². The third kappa shape index (κ3) is 7.69. The van der Waals surface area contributed by atoms with Crippen LogP contribution in [0.4, 0.5) is 24.5 Å². The number of carbonyl (C=O) groups excluding carboxylic acids is 1. The Bertz CT molecular complexity index is 975. The minimum atomic E-state index is -4.27. The summed E-state index contributed by atoms with van der Waals surface area (Å²) >= 11 is 6.21. The van der Waals surface area contributed by atoms with Gasteiger partial charge >= 0.3 is 5.51 Å². The van der Waals surface area contributed by atoms with E-state index in [0.717, 1.165) is 75.1 Å². The van der Waals surface area contributed by atoms with Gasteiger partial charge in [-0.1, -0.05) is 23.7 Å². The summed E-state index contributed by atoms with van der Waals surface area (Å²) < 4.78 is 37.5. The molecular weight excluding hydrogens is 497 g/mol. The second-order valence-electron chi connectivity index (χ2n) is 8.90. The number of piperidine rings is 1. The zero-order chi connectivity index (χ0) is 24.8. The number of hydrogen-bond donors (Lipinski definition) is 1. The predicted octanol–water partition coefficient (Wildman–Crippen LogP) is 5.25. The Labute approximate surface area is 213 Å². The molecule has 2 fully saturated rings. The topological polar surface area (TPSA) is 38.8 Å². The van der Waals surface area contributed by atoms with Crippen LogP contribution in [-0.4, -0.2) is 68.2 Å². The molecular formula is C25H30ClF3N4OS. The molecule has 0 bridgehead atoms. The molecule has 2 aromatic carbocycles. The van der Waals surface area contributed by atoms with Crippen LogP contribution in [0.5, 0.6) is 0 Å². The van der Waals surface area contributed by atoms with E-state index >= 15 is 0 Å². The Hall–Kier alpha value is -2.10. The van der Waals surface area contributed by atoms with E-state index < -0.39 is 5.51 Å². The third-order valence-corrected chi connectivity index (χ3v) is 7.57. The molecule has 4 rings (SSSR count). The van der Waals surface area contributed by atoms with E-state index in [2.05, 4.69) is 20.0 Å². The van der Waals surface area contributed by atoms with Crippen molar-refractivity contribution in [3.8, 4) is 0 Å². The maximum Gasteiger partial charge on any atom is 0.446 e. The summed E-state index contributed by atoms with van der Waals surface area (Å²) in [6.45, 7) is 5.85. The minimum Gasteiger partial charge on any atom is -0.371 e. The number of thioether (sulfide) groups is 1. The van der Waals surface area contributed by atoms with Crippen molar-refractivity contribution in [3.63, 3.8) is 0 Å². The van der Waals surface area contributed by atoms with Crippen molar-refractivity contribution in [2.24, 2.45) is 0 Å². The first kappa shape index (κ1) is 26.0. The fourth-order valence-electron chi connectivity index (χ4n) is 4.62. The van der Waals surface area contributed by atoms with Crippen molar-refractivity contribution >= 4 is 40.6 Å². The van der Waals surface area contributed by atoms with E-state index in [1.54, 1.807) is 12.1 Å². The van der Waals surface area contributed by atoms with E-state index in [4.69, 9.17) is 11.6 Å². The van der Waals surface area contributed by atoms with Gasteiger partial charge in [-0.25, -0.2) is 0 Å². The van der Waals surface area contributed by atoms with E-state index in [9.17, 15) is 18.0 Å². The van der Waals surface area contributed by atoms with E-state index in [-0.39, 0.29) is 28.6 Å². The van der Waals surface area contributed by atoms with Gasteiger partial charge in [0.1, 0.15) is 0 Å². The summed E-state index contributed by atoms with van der Waals surface area (Å²) in [6, 6.07) is 14.5. The lowest BCUT2D eigenvalue weighted by Gasteiger charge is -2.36. The van der Waals surface area contributed by atoms with Gasteiger partial charge < -0.3 is 15.1 Å². The van der Waals surface area contributed by atoms with Crippen molar-refractivity contribution < 1.29 is 18.0 Å². The minimum absolute atomic E-state index is 0.0745. The first-order chi connectivity index (χ1) is 16.8. The van der Waals surface area contributed by atoms with Gasteiger partial charge in [-0.3, -0.25) is 9.69 Å². The average Bonchev–Trinajstić information content (AvgIpc) is 2.84. The second kappa shape index (κ2) is 11.8. The molecule has 0 spiro atoms. The standard InChI is InChI=1S/C25H30ClF3N4OS/c26-22-3-1-2-4-23(22)33-17-15-31(16-18-33)12-11-24(34)30-19-9-13-32(14-10-19)20-5-7-21(8-6-20)35-25(27,28)29/h1-8,19H,9-18H2,(H,30,34). The molecule has 0 unspecified atom stereocenters. The number of anilines is 2. The van der Waals surface area contributed by atoms with E-state index in [1.165, 1.54) is 12.1 Å². The Kier molecular flexibility index (Phi) is 8.73. The van der Waals surface area contributed by atoms with Gasteiger partial charge in [-0.15, -0.1) is 0 Å². The fraction of sp³-hybridized carbons (Fsp3) is 0.480. The molecule has 1 amide bonds. The van der Waals surface area contributed by atoms with Crippen molar-refractivity contribution in [1.29, 1.82) is 0 Å². The van der Waals surface area contributed by atoms with Crippen LogP contribution >= 0.6 is 23.4 Å². The molecule has 2 saturated heterocycles. The van der Waals surface area contributed by atoms with Crippen LogP contribution in [0.1, 0.15) is 19.3 Å². The lowest BCUT2D eigenvalue weighted by atomic mass is 10.0. The smallest absolute Gasteiger partial charge is 0.371 e. The zero-order valence-corrected chi connectivity index (χ0v) is 21.0. The molecule has 0 aliphatic carbocycles. The summed E-state index contributed by atoms with van der Waals surface area (Å²) in [6.07, 6.45) is 2.12. The Morgan fingerprint density at radius 3 is 2.23 bits per heavy atom. The zero-order valence-electron chi connectivity index (χ0n) is 19.4. The van der Waals surface area contributed by atoms with Gasteiger partial charge in [0, 0.05) is 68.9 Å². The van der Waals surface area contributed by atoms with Crippen LogP contribution in [0.3, 0.4) is 0 Å². The number of para-hydroxylation sites is 1. The molecule has 5 nitrogen and oxygen atoms in total. The second-order valence-corrected chi connectivity index (χ2v) is 10.4. The maximum atomic E-state index is 12.5. The number of rotatable bonds is 7. The van der Waals surface area contributed by atoms with Crippen LogP contribution in [0, 0.1) is 0 Å². The fourth-order valence-corrected chi connectivity index (χ4v) is 5.42. The number of benzene rings is 2. The number of alkyl halides is 3. The molecule has 0 radical (unpaired) electrons. The van der Waals surface area contributed by atoms with Crippen molar-refractivity contribution in [1.82, 2.24) is 10.2 Å². The van der Waals surface area contributed by atoms with Crippen LogP contribution in [0.2, 0.25) is 5.02 Å². The number of nitrogens with one attached hydrogen (secondary N) is 1. The van der Waals surface area contributed by atoms with Gasteiger partial charge in [0.05, 0.1) is 10.7 Å². The Morgan fingerprint density at radius 2 is 1.60 bits per heavy atom. The van der Waals surface area contributed by atoms with Gasteiger partial charge in [-0.2, -0.15) is 13.2 Å². The summed E-state index contributed by atoms with van der Waals surface area (Å²) in [5.74, 6) is 0.0745. The summed E-state index contributed by atoms with van der Waals surface area (Å²) in [5, 5.41) is 3.93. The highest BCUT2D eigenvalue weighted by Crippen LogP contribution is 2.37. The molecule has 0 aromatic heterocycles. The lowest BCUT2D eigenvalue weighted by molar-refractivity contribution is -0.122. The highest BCUT2D eigenvalue weighted by Gasteiger charge is 2.29. The highest BCUT2D eigenvalue weighted by atomic mass is 35.5. The molecule has 1 N–H and O–H groups in total.